The predicted molar refractivity (Wildman–Crippen MR) is 106 cm³/mol. The molecule has 2 fully saturated rings. The lowest BCUT2D eigenvalue weighted by Gasteiger charge is -2.26. The average Bonchev–Trinajstić information content (AvgIpc) is 3.52. The summed E-state index contributed by atoms with van der Waals surface area (Å²) in [7, 11) is 0. The fourth-order valence-electron chi connectivity index (χ4n) is 3.08. The molecule has 1 saturated heterocycles. The van der Waals surface area contributed by atoms with Gasteiger partial charge in [-0.1, -0.05) is 6.07 Å². The van der Waals surface area contributed by atoms with Gasteiger partial charge in [-0.3, -0.25) is 10.1 Å². The molecule has 3 rings (SSSR count). The molecule has 1 heterocycles. The van der Waals surface area contributed by atoms with Crippen molar-refractivity contribution in [3.63, 3.8) is 0 Å². The van der Waals surface area contributed by atoms with Gasteiger partial charge >= 0.3 is 6.03 Å². The number of nitrogens with one attached hydrogen (secondary N) is 2. The van der Waals surface area contributed by atoms with Crippen LogP contribution < -0.4 is 15.4 Å². The Balaban J connectivity index is 1.20. The lowest BCUT2D eigenvalue weighted by molar-refractivity contribution is -0.121. The monoisotopic (exact) mass is 407 g/mol. The summed E-state index contributed by atoms with van der Waals surface area (Å²) in [6.45, 7) is 4.33. The van der Waals surface area contributed by atoms with Crippen molar-refractivity contribution in [3.05, 3.63) is 29.6 Å². The van der Waals surface area contributed by atoms with Crippen LogP contribution in [0.15, 0.2) is 18.2 Å². The number of amides is 3. The van der Waals surface area contributed by atoms with Crippen molar-refractivity contribution < 1.29 is 23.5 Å². The molecule has 1 aromatic rings. The van der Waals surface area contributed by atoms with Crippen molar-refractivity contribution in [2.75, 3.05) is 46.0 Å². The van der Waals surface area contributed by atoms with Gasteiger partial charge < -0.3 is 19.7 Å². The van der Waals surface area contributed by atoms with E-state index in [1.165, 1.54) is 18.9 Å². The third kappa shape index (κ3) is 7.62. The first-order valence-corrected chi connectivity index (χ1v) is 10.4. The van der Waals surface area contributed by atoms with Gasteiger partial charge in [0.05, 0.1) is 13.2 Å². The van der Waals surface area contributed by atoms with Crippen LogP contribution in [0.5, 0.6) is 5.75 Å². The first kappa shape index (κ1) is 21.5. The van der Waals surface area contributed by atoms with Crippen LogP contribution >= 0.6 is 0 Å². The molecule has 1 aliphatic heterocycles. The van der Waals surface area contributed by atoms with Crippen LogP contribution in [-0.4, -0.2) is 62.8 Å². The molecule has 1 aromatic carbocycles. The summed E-state index contributed by atoms with van der Waals surface area (Å²) in [6, 6.07) is 4.74. The highest BCUT2D eigenvalue weighted by Crippen LogP contribution is 2.30. The molecule has 1 aliphatic carbocycles. The van der Waals surface area contributed by atoms with Crippen molar-refractivity contribution in [3.8, 4) is 5.75 Å². The summed E-state index contributed by atoms with van der Waals surface area (Å²) < 4.78 is 24.9. The second kappa shape index (κ2) is 11.1. The first-order chi connectivity index (χ1) is 14.1. The lowest BCUT2D eigenvalue weighted by atomic mass is 10.1. The van der Waals surface area contributed by atoms with Gasteiger partial charge in [0.25, 0.3) is 0 Å². The zero-order chi connectivity index (χ0) is 20.5. The molecule has 1 saturated carbocycles. The highest BCUT2D eigenvalue weighted by molar-refractivity contribution is 5.96. The molecule has 3 amide bonds. The lowest BCUT2D eigenvalue weighted by Crippen LogP contribution is -2.49. The molecule has 0 aromatic heterocycles. The normalized spacial score (nSPS) is 16.8. The van der Waals surface area contributed by atoms with E-state index in [-0.39, 0.29) is 17.8 Å². The summed E-state index contributed by atoms with van der Waals surface area (Å²) in [5.74, 6) is 0.436. The van der Waals surface area contributed by atoms with Crippen LogP contribution in [0.1, 0.15) is 31.2 Å². The smallest absolute Gasteiger partial charge is 0.324 e. The molecule has 7 nitrogen and oxygen atoms in total. The Kier molecular flexibility index (Phi) is 8.25. The third-order valence-electron chi connectivity index (χ3n) is 5.04. The Morgan fingerprint density at radius 3 is 2.86 bits per heavy atom. The van der Waals surface area contributed by atoms with Crippen molar-refractivity contribution in [1.82, 2.24) is 15.5 Å². The van der Waals surface area contributed by atoms with Gasteiger partial charge in [0.15, 0.2) is 11.6 Å². The average molecular weight is 407 g/mol. The molecular formula is C21H30FN3O4. The van der Waals surface area contributed by atoms with Crippen LogP contribution in [0.4, 0.5) is 9.18 Å². The van der Waals surface area contributed by atoms with Crippen molar-refractivity contribution in [1.29, 1.82) is 0 Å². The van der Waals surface area contributed by atoms with Crippen LogP contribution in [0.2, 0.25) is 0 Å². The van der Waals surface area contributed by atoms with Gasteiger partial charge in [0.1, 0.15) is 0 Å². The number of rotatable bonds is 13. The molecule has 2 aliphatic rings. The van der Waals surface area contributed by atoms with Gasteiger partial charge in [-0.15, -0.1) is 0 Å². The molecular weight excluding hydrogens is 377 g/mol. The topological polar surface area (TPSA) is 79.9 Å². The van der Waals surface area contributed by atoms with E-state index < -0.39 is 0 Å². The van der Waals surface area contributed by atoms with Gasteiger partial charge in [-0.25, -0.2) is 9.18 Å². The maximum Gasteiger partial charge on any atom is 0.324 e. The number of urea groups is 1. The number of halogens is 1. The number of benzene rings is 1. The van der Waals surface area contributed by atoms with Crippen molar-refractivity contribution >= 4 is 11.9 Å². The summed E-state index contributed by atoms with van der Waals surface area (Å²) in [5.41, 5.74) is 1.05. The minimum atomic E-state index is -0.315. The SMILES string of the molecule is O=C1CCN(CCCOCCNCCc2ccc(F)c(OCC3CC3)c2)C(=O)N1. The predicted octanol–water partition coefficient (Wildman–Crippen LogP) is 2.10. The molecule has 0 unspecified atom stereocenters. The van der Waals surface area contributed by atoms with Crippen molar-refractivity contribution in [2.45, 2.75) is 32.1 Å². The highest BCUT2D eigenvalue weighted by atomic mass is 19.1. The summed E-state index contributed by atoms with van der Waals surface area (Å²) in [4.78, 5) is 24.3. The second-order valence-electron chi connectivity index (χ2n) is 7.58. The molecule has 0 bridgehead atoms. The Morgan fingerprint density at radius 1 is 1.21 bits per heavy atom. The zero-order valence-electron chi connectivity index (χ0n) is 16.8. The fraction of sp³-hybridized carbons (Fsp3) is 0.619. The zero-order valence-corrected chi connectivity index (χ0v) is 16.8. The van der Waals surface area contributed by atoms with Crippen molar-refractivity contribution in [2.24, 2.45) is 5.92 Å². The summed E-state index contributed by atoms with van der Waals surface area (Å²) >= 11 is 0. The highest BCUT2D eigenvalue weighted by Gasteiger charge is 2.23. The Morgan fingerprint density at radius 2 is 2.07 bits per heavy atom. The van der Waals surface area contributed by atoms with E-state index in [0.717, 1.165) is 31.5 Å². The Hall–Kier alpha value is -2.19. The van der Waals surface area contributed by atoms with Gasteiger partial charge in [0.2, 0.25) is 5.91 Å². The number of hydrogen-bond donors (Lipinski definition) is 2. The number of hydrogen-bond acceptors (Lipinski definition) is 5. The largest absolute Gasteiger partial charge is 0.490 e. The van der Waals surface area contributed by atoms with Crippen LogP contribution in [0.25, 0.3) is 0 Å². The molecule has 160 valence electrons. The number of carbonyl (C=O) groups excluding carboxylic acids is 2. The van der Waals surface area contributed by atoms with Crippen LogP contribution in [0, 0.1) is 11.7 Å². The van der Waals surface area contributed by atoms with E-state index >= 15 is 0 Å². The number of carbonyl (C=O) groups is 2. The minimum absolute atomic E-state index is 0.212. The molecule has 8 heteroatoms. The standard InChI is InChI=1S/C21H30FN3O4/c22-18-5-4-16(14-19(18)29-15-17-2-3-17)6-8-23-9-13-28-12-1-10-25-11-7-20(26)24-21(25)27/h4-5,14,17,23H,1-3,6-13,15H2,(H,24,26,27). The van der Waals surface area contributed by atoms with E-state index in [0.29, 0.717) is 51.0 Å². The summed E-state index contributed by atoms with van der Waals surface area (Å²) in [5, 5.41) is 5.62. The van der Waals surface area contributed by atoms with Gasteiger partial charge in [-0.2, -0.15) is 0 Å². The van der Waals surface area contributed by atoms with Crippen LogP contribution in [-0.2, 0) is 16.0 Å². The molecule has 0 spiro atoms. The molecule has 29 heavy (non-hydrogen) atoms. The third-order valence-corrected chi connectivity index (χ3v) is 5.04. The Bertz CT molecular complexity index is 697. The minimum Gasteiger partial charge on any atom is -0.490 e. The van der Waals surface area contributed by atoms with Gasteiger partial charge in [-0.05, 0) is 55.8 Å². The maximum absolute atomic E-state index is 13.8. The Labute approximate surface area is 170 Å². The molecule has 0 radical (unpaired) electrons. The van der Waals surface area contributed by atoms with Crippen LogP contribution in [0.3, 0.4) is 0 Å². The summed E-state index contributed by atoms with van der Waals surface area (Å²) in [6.07, 6.45) is 4.26. The number of imide groups is 1. The molecule has 0 atom stereocenters. The molecule has 2 N–H and O–H groups in total. The van der Waals surface area contributed by atoms with E-state index in [9.17, 15) is 14.0 Å². The van der Waals surface area contributed by atoms with E-state index in [2.05, 4.69) is 10.6 Å². The number of ether oxygens (including phenoxy) is 2. The van der Waals surface area contributed by atoms with Gasteiger partial charge in [0, 0.05) is 32.7 Å². The maximum atomic E-state index is 13.8. The number of nitrogens with zero attached hydrogens (tertiary/aromatic N) is 1. The van der Waals surface area contributed by atoms with E-state index in [1.54, 1.807) is 17.0 Å². The van der Waals surface area contributed by atoms with E-state index in [1.807, 2.05) is 0 Å². The van der Waals surface area contributed by atoms with E-state index in [4.69, 9.17) is 9.47 Å². The first-order valence-electron chi connectivity index (χ1n) is 10.4. The fourth-order valence-corrected chi connectivity index (χ4v) is 3.08. The second-order valence-corrected chi connectivity index (χ2v) is 7.58. The quantitative estimate of drug-likeness (QED) is 0.490.